The quantitative estimate of drug-likeness (QED) is 0.700. The second-order valence-electron chi connectivity index (χ2n) is 4.31. The van der Waals surface area contributed by atoms with Crippen molar-refractivity contribution >= 4 is 17.2 Å². The van der Waals surface area contributed by atoms with Gasteiger partial charge in [0.05, 0.1) is 4.99 Å². The largest absolute Gasteiger partial charge is 0.393 e. The number of hydrogen-bond acceptors (Lipinski definition) is 2. The third-order valence-corrected chi connectivity index (χ3v) is 3.13. The summed E-state index contributed by atoms with van der Waals surface area (Å²) in [5, 5.41) is 0. The van der Waals surface area contributed by atoms with E-state index in [0.29, 0.717) is 4.99 Å². The van der Waals surface area contributed by atoms with Gasteiger partial charge < -0.3 is 10.6 Å². The van der Waals surface area contributed by atoms with Gasteiger partial charge in [-0.25, -0.2) is 0 Å². The fourth-order valence-electron chi connectivity index (χ4n) is 1.88. The van der Waals surface area contributed by atoms with Crippen molar-refractivity contribution in [1.29, 1.82) is 0 Å². The Bertz CT molecular complexity index is 180. The van der Waals surface area contributed by atoms with E-state index in [1.807, 2.05) is 0 Å². The Kier molecular flexibility index (Phi) is 4.13. The molecule has 3 heteroatoms. The van der Waals surface area contributed by atoms with Gasteiger partial charge in [-0.05, 0) is 24.8 Å². The third-order valence-electron chi connectivity index (χ3n) is 2.93. The third kappa shape index (κ3) is 3.61. The Balaban J connectivity index is 2.21. The van der Waals surface area contributed by atoms with Crippen molar-refractivity contribution in [3.63, 3.8) is 0 Å². The highest BCUT2D eigenvalue weighted by Crippen LogP contribution is 2.23. The fraction of sp³-hybridized carbons (Fsp3) is 0.900. The highest BCUT2D eigenvalue weighted by Gasteiger charge is 2.24. The van der Waals surface area contributed by atoms with Crippen LogP contribution in [0.25, 0.3) is 0 Å². The van der Waals surface area contributed by atoms with Crippen molar-refractivity contribution in [1.82, 2.24) is 4.90 Å². The number of likely N-dealkylation sites (tertiary alicyclic amines) is 1. The van der Waals surface area contributed by atoms with Crippen LogP contribution in [0.4, 0.5) is 0 Å². The lowest BCUT2D eigenvalue weighted by Gasteiger charge is -2.17. The molecule has 1 aliphatic rings. The zero-order chi connectivity index (χ0) is 9.84. The monoisotopic (exact) mass is 200 g/mol. The van der Waals surface area contributed by atoms with Crippen LogP contribution in [0.15, 0.2) is 0 Å². The van der Waals surface area contributed by atoms with Crippen molar-refractivity contribution in [3.05, 3.63) is 0 Å². The molecule has 1 heterocycles. The molecule has 0 aliphatic carbocycles. The van der Waals surface area contributed by atoms with Crippen molar-refractivity contribution in [3.8, 4) is 0 Å². The molecule has 0 aromatic carbocycles. The van der Waals surface area contributed by atoms with Gasteiger partial charge in [-0.2, -0.15) is 0 Å². The lowest BCUT2D eigenvalue weighted by molar-refractivity contribution is 0.311. The van der Waals surface area contributed by atoms with Crippen molar-refractivity contribution in [2.24, 2.45) is 17.6 Å². The summed E-state index contributed by atoms with van der Waals surface area (Å²) in [5.74, 6) is 1.70. The lowest BCUT2D eigenvalue weighted by atomic mass is 9.95. The molecule has 0 radical (unpaired) electrons. The predicted molar refractivity (Wildman–Crippen MR) is 60.8 cm³/mol. The topological polar surface area (TPSA) is 29.3 Å². The minimum absolute atomic E-state index is 0.646. The molecule has 1 rings (SSSR count). The average molecular weight is 200 g/mol. The first kappa shape index (κ1) is 10.9. The summed E-state index contributed by atoms with van der Waals surface area (Å²) < 4.78 is 0. The van der Waals surface area contributed by atoms with Gasteiger partial charge in [0.25, 0.3) is 0 Å². The molecule has 0 aromatic heterocycles. The Morgan fingerprint density at radius 3 is 2.77 bits per heavy atom. The molecular formula is C10H20N2S. The lowest BCUT2D eigenvalue weighted by Crippen LogP contribution is -2.26. The minimum atomic E-state index is 0.646. The SMILES string of the molecule is CC(C)C1CCN(CCC(N)=S)C1. The number of nitrogens with zero attached hydrogens (tertiary/aromatic N) is 1. The van der Waals surface area contributed by atoms with Gasteiger partial charge in [0.15, 0.2) is 0 Å². The summed E-state index contributed by atoms with van der Waals surface area (Å²) in [5.41, 5.74) is 5.47. The normalized spacial score (nSPS) is 24.1. The van der Waals surface area contributed by atoms with Gasteiger partial charge in [0.2, 0.25) is 0 Å². The highest BCUT2D eigenvalue weighted by molar-refractivity contribution is 7.80. The smallest absolute Gasteiger partial charge is 0.0740 e. The van der Waals surface area contributed by atoms with E-state index in [1.54, 1.807) is 0 Å². The Labute approximate surface area is 86.5 Å². The van der Waals surface area contributed by atoms with Gasteiger partial charge in [-0.1, -0.05) is 26.1 Å². The predicted octanol–water partition coefficient (Wildman–Crippen LogP) is 1.64. The minimum Gasteiger partial charge on any atom is -0.393 e. The molecule has 76 valence electrons. The highest BCUT2D eigenvalue weighted by atomic mass is 32.1. The molecule has 1 fully saturated rings. The average Bonchev–Trinajstić information content (AvgIpc) is 2.48. The summed E-state index contributed by atoms with van der Waals surface area (Å²) in [6, 6.07) is 0. The van der Waals surface area contributed by atoms with Gasteiger partial charge in [-0.15, -0.1) is 0 Å². The van der Waals surface area contributed by atoms with Gasteiger partial charge in [0.1, 0.15) is 0 Å². The maximum atomic E-state index is 5.47. The molecule has 0 amide bonds. The van der Waals surface area contributed by atoms with Gasteiger partial charge in [0, 0.05) is 19.5 Å². The molecule has 1 atom stereocenters. The number of hydrogen-bond donors (Lipinski definition) is 1. The van der Waals surface area contributed by atoms with Crippen LogP contribution in [0.1, 0.15) is 26.7 Å². The molecule has 1 aliphatic heterocycles. The van der Waals surface area contributed by atoms with Gasteiger partial charge in [-0.3, -0.25) is 0 Å². The van der Waals surface area contributed by atoms with Crippen LogP contribution < -0.4 is 5.73 Å². The van der Waals surface area contributed by atoms with E-state index >= 15 is 0 Å². The number of thiocarbonyl (C=S) groups is 1. The number of rotatable bonds is 4. The second-order valence-corrected chi connectivity index (χ2v) is 4.83. The molecular weight excluding hydrogens is 180 g/mol. The van der Waals surface area contributed by atoms with Crippen LogP contribution in [-0.4, -0.2) is 29.5 Å². The standard InChI is InChI=1S/C10H20N2S/c1-8(2)9-3-5-12(7-9)6-4-10(11)13/h8-9H,3-7H2,1-2H3,(H2,11,13). The first-order valence-corrected chi connectivity index (χ1v) is 5.51. The molecule has 0 bridgehead atoms. The molecule has 2 nitrogen and oxygen atoms in total. The molecule has 1 saturated heterocycles. The van der Waals surface area contributed by atoms with E-state index in [1.165, 1.54) is 19.5 Å². The summed E-state index contributed by atoms with van der Waals surface area (Å²) in [6.07, 6.45) is 2.22. The summed E-state index contributed by atoms with van der Waals surface area (Å²) >= 11 is 4.86. The Hall–Kier alpha value is -0.150. The molecule has 0 aromatic rings. The number of nitrogens with two attached hydrogens (primary N) is 1. The maximum Gasteiger partial charge on any atom is 0.0740 e. The summed E-state index contributed by atoms with van der Waals surface area (Å²) in [7, 11) is 0. The van der Waals surface area contributed by atoms with Crippen LogP contribution in [0.5, 0.6) is 0 Å². The van der Waals surface area contributed by atoms with Crippen LogP contribution in [0, 0.1) is 11.8 Å². The second kappa shape index (κ2) is 4.91. The van der Waals surface area contributed by atoms with E-state index < -0.39 is 0 Å². The first-order chi connectivity index (χ1) is 6.09. The zero-order valence-corrected chi connectivity index (χ0v) is 9.44. The van der Waals surface area contributed by atoms with Crippen molar-refractivity contribution in [2.75, 3.05) is 19.6 Å². The molecule has 0 spiro atoms. The first-order valence-electron chi connectivity index (χ1n) is 5.10. The summed E-state index contributed by atoms with van der Waals surface area (Å²) in [6.45, 7) is 8.13. The van der Waals surface area contributed by atoms with Crippen LogP contribution in [-0.2, 0) is 0 Å². The van der Waals surface area contributed by atoms with Crippen LogP contribution in [0.3, 0.4) is 0 Å². The molecule has 0 saturated carbocycles. The Morgan fingerprint density at radius 1 is 1.62 bits per heavy atom. The molecule has 1 unspecified atom stereocenters. The van der Waals surface area contributed by atoms with E-state index in [2.05, 4.69) is 18.7 Å². The van der Waals surface area contributed by atoms with Crippen LogP contribution in [0.2, 0.25) is 0 Å². The fourth-order valence-corrected chi connectivity index (χ4v) is 1.97. The maximum absolute atomic E-state index is 5.47. The van der Waals surface area contributed by atoms with Gasteiger partial charge >= 0.3 is 0 Å². The van der Waals surface area contributed by atoms with E-state index in [0.717, 1.165) is 24.8 Å². The van der Waals surface area contributed by atoms with Crippen LogP contribution >= 0.6 is 12.2 Å². The van der Waals surface area contributed by atoms with Crippen molar-refractivity contribution < 1.29 is 0 Å². The van der Waals surface area contributed by atoms with E-state index in [4.69, 9.17) is 18.0 Å². The van der Waals surface area contributed by atoms with E-state index in [-0.39, 0.29) is 0 Å². The van der Waals surface area contributed by atoms with E-state index in [9.17, 15) is 0 Å². The summed E-state index contributed by atoms with van der Waals surface area (Å²) in [4.78, 5) is 3.12. The molecule has 2 N–H and O–H groups in total. The Morgan fingerprint density at radius 2 is 2.31 bits per heavy atom. The zero-order valence-electron chi connectivity index (χ0n) is 8.62. The van der Waals surface area contributed by atoms with Crippen molar-refractivity contribution in [2.45, 2.75) is 26.7 Å². The molecule has 13 heavy (non-hydrogen) atoms.